The van der Waals surface area contributed by atoms with Crippen LogP contribution in [0, 0.1) is 11.3 Å². The summed E-state index contributed by atoms with van der Waals surface area (Å²) in [6.45, 7) is 1.78. The average molecular weight is 412 g/mol. The van der Waals surface area contributed by atoms with Gasteiger partial charge < -0.3 is 15.4 Å². The molecule has 9 heteroatoms. The van der Waals surface area contributed by atoms with Crippen molar-refractivity contribution >= 4 is 45.5 Å². The lowest BCUT2D eigenvalue weighted by Crippen LogP contribution is -2.22. The molecule has 3 rings (SSSR count). The molecule has 0 fully saturated rings. The number of aromatic nitrogens is 2. The minimum absolute atomic E-state index is 0.201. The van der Waals surface area contributed by atoms with Crippen LogP contribution in [0.25, 0.3) is 0 Å². The van der Waals surface area contributed by atoms with Crippen molar-refractivity contribution in [3.63, 3.8) is 0 Å². The van der Waals surface area contributed by atoms with E-state index < -0.39 is 5.25 Å². The highest BCUT2D eigenvalue weighted by molar-refractivity contribution is 8.02. The van der Waals surface area contributed by atoms with Crippen LogP contribution in [0.15, 0.2) is 52.9 Å². The third kappa shape index (κ3) is 5.00. The number of nitrogens with one attached hydrogen (secondary N) is 2. The summed E-state index contributed by atoms with van der Waals surface area (Å²) in [4.78, 5) is 12.4. The van der Waals surface area contributed by atoms with E-state index in [4.69, 9.17) is 10.00 Å². The second-order valence-electron chi connectivity index (χ2n) is 5.63. The van der Waals surface area contributed by atoms with E-state index >= 15 is 0 Å². The fourth-order valence-electron chi connectivity index (χ4n) is 2.23. The number of para-hydroxylation sites is 1. The molecule has 1 amide bonds. The molecule has 28 heavy (non-hydrogen) atoms. The van der Waals surface area contributed by atoms with Crippen LogP contribution in [0.2, 0.25) is 0 Å². The lowest BCUT2D eigenvalue weighted by atomic mass is 10.2. The van der Waals surface area contributed by atoms with Crippen LogP contribution >= 0.6 is 23.1 Å². The molecule has 1 aromatic heterocycles. The molecule has 0 aliphatic heterocycles. The average Bonchev–Trinajstić information content (AvgIpc) is 3.15. The maximum atomic E-state index is 12.4. The highest BCUT2D eigenvalue weighted by Crippen LogP contribution is 2.31. The molecular formula is C19H17N5O2S2. The Morgan fingerprint density at radius 1 is 1.21 bits per heavy atom. The second kappa shape index (κ2) is 9.21. The third-order valence-electron chi connectivity index (χ3n) is 3.70. The van der Waals surface area contributed by atoms with Crippen molar-refractivity contribution in [1.82, 2.24) is 10.2 Å². The number of methoxy groups -OCH3 is 1. The Morgan fingerprint density at radius 3 is 2.68 bits per heavy atom. The fourth-order valence-corrected chi connectivity index (χ4v) is 4.15. The molecule has 7 nitrogen and oxygen atoms in total. The Kier molecular flexibility index (Phi) is 6.47. The van der Waals surface area contributed by atoms with Gasteiger partial charge >= 0.3 is 0 Å². The van der Waals surface area contributed by atoms with Gasteiger partial charge in [0.25, 0.3) is 0 Å². The van der Waals surface area contributed by atoms with Crippen LogP contribution in [0.4, 0.5) is 16.5 Å². The van der Waals surface area contributed by atoms with Gasteiger partial charge in [0.15, 0.2) is 4.34 Å². The van der Waals surface area contributed by atoms with E-state index in [0.29, 0.717) is 20.7 Å². The first-order valence-electron chi connectivity index (χ1n) is 8.30. The van der Waals surface area contributed by atoms with Gasteiger partial charge in [-0.15, -0.1) is 10.2 Å². The Morgan fingerprint density at radius 2 is 1.96 bits per heavy atom. The topological polar surface area (TPSA) is 99.9 Å². The van der Waals surface area contributed by atoms with Crippen LogP contribution in [-0.4, -0.2) is 28.5 Å². The zero-order valence-corrected chi connectivity index (χ0v) is 16.8. The number of rotatable bonds is 7. The predicted octanol–water partition coefficient (Wildman–Crippen LogP) is 4.28. The Hall–Kier alpha value is -3.09. The van der Waals surface area contributed by atoms with E-state index in [1.54, 1.807) is 38.3 Å². The van der Waals surface area contributed by atoms with Crippen LogP contribution in [0.3, 0.4) is 0 Å². The lowest BCUT2D eigenvalue weighted by molar-refractivity contribution is -0.115. The number of nitrogens with zero attached hydrogens (tertiary/aromatic N) is 3. The van der Waals surface area contributed by atoms with E-state index in [9.17, 15) is 4.79 Å². The first-order chi connectivity index (χ1) is 13.6. The minimum Gasteiger partial charge on any atom is -0.497 e. The number of benzene rings is 2. The van der Waals surface area contributed by atoms with Crippen molar-refractivity contribution in [3.8, 4) is 11.8 Å². The van der Waals surface area contributed by atoms with Crippen molar-refractivity contribution in [2.24, 2.45) is 0 Å². The normalized spacial score (nSPS) is 11.3. The maximum Gasteiger partial charge on any atom is 0.237 e. The summed E-state index contributed by atoms with van der Waals surface area (Å²) < 4.78 is 5.81. The maximum absolute atomic E-state index is 12.4. The summed E-state index contributed by atoms with van der Waals surface area (Å²) in [7, 11) is 1.62. The van der Waals surface area contributed by atoms with E-state index in [1.807, 2.05) is 24.3 Å². The van der Waals surface area contributed by atoms with Gasteiger partial charge in [0.1, 0.15) is 11.8 Å². The molecule has 0 bridgehead atoms. The zero-order valence-electron chi connectivity index (χ0n) is 15.2. The van der Waals surface area contributed by atoms with Gasteiger partial charge in [0, 0.05) is 5.69 Å². The Bertz CT molecular complexity index is 998. The highest BCUT2D eigenvalue weighted by Gasteiger charge is 2.18. The fraction of sp³-hybridized carbons (Fsp3) is 0.158. The molecule has 2 aromatic carbocycles. The summed E-state index contributed by atoms with van der Waals surface area (Å²) in [5.41, 5.74) is 1.80. The van der Waals surface area contributed by atoms with Crippen LogP contribution in [-0.2, 0) is 4.79 Å². The summed E-state index contributed by atoms with van der Waals surface area (Å²) in [6.07, 6.45) is 0. The quantitative estimate of drug-likeness (QED) is 0.560. The van der Waals surface area contributed by atoms with Gasteiger partial charge in [-0.05, 0) is 43.3 Å². The standard InChI is InChI=1S/C19H17N5O2S2/c1-12(17(25)22-16-6-4-3-5-13(16)11-20)27-19-24-23-18(28-19)21-14-7-9-15(26-2)10-8-14/h3-10,12H,1-2H3,(H,21,23)(H,22,25)/t12-/m0/s1. The van der Waals surface area contributed by atoms with Gasteiger partial charge in [-0.2, -0.15) is 5.26 Å². The number of hydrogen-bond donors (Lipinski definition) is 2. The molecule has 3 aromatic rings. The van der Waals surface area contributed by atoms with Gasteiger partial charge in [0.2, 0.25) is 11.0 Å². The van der Waals surface area contributed by atoms with E-state index in [0.717, 1.165) is 11.4 Å². The van der Waals surface area contributed by atoms with Crippen molar-refractivity contribution in [2.75, 3.05) is 17.7 Å². The minimum atomic E-state index is -0.395. The summed E-state index contributed by atoms with van der Waals surface area (Å²) >= 11 is 2.68. The molecule has 0 unspecified atom stereocenters. The smallest absolute Gasteiger partial charge is 0.237 e. The predicted molar refractivity (Wildman–Crippen MR) is 111 cm³/mol. The number of nitriles is 1. The number of carbonyl (C=O) groups excluding carboxylic acids is 1. The SMILES string of the molecule is COc1ccc(Nc2nnc(S[C@@H](C)C(=O)Nc3ccccc3C#N)s2)cc1. The molecule has 0 saturated heterocycles. The van der Waals surface area contributed by atoms with Gasteiger partial charge in [-0.3, -0.25) is 4.79 Å². The van der Waals surface area contributed by atoms with Crippen molar-refractivity contribution in [1.29, 1.82) is 5.26 Å². The van der Waals surface area contributed by atoms with Crippen molar-refractivity contribution in [2.45, 2.75) is 16.5 Å². The molecule has 0 radical (unpaired) electrons. The lowest BCUT2D eigenvalue weighted by Gasteiger charge is -2.11. The molecule has 0 aliphatic rings. The number of ether oxygens (including phenoxy) is 1. The molecule has 0 spiro atoms. The number of anilines is 3. The molecule has 2 N–H and O–H groups in total. The second-order valence-corrected chi connectivity index (χ2v) is 8.20. The largest absolute Gasteiger partial charge is 0.497 e. The monoisotopic (exact) mass is 411 g/mol. The Labute approximate surface area is 170 Å². The molecule has 1 heterocycles. The molecule has 0 saturated carbocycles. The van der Waals surface area contributed by atoms with Crippen LogP contribution in [0.5, 0.6) is 5.75 Å². The van der Waals surface area contributed by atoms with Gasteiger partial charge in [-0.1, -0.05) is 35.2 Å². The summed E-state index contributed by atoms with van der Waals surface area (Å²) in [5, 5.41) is 23.5. The summed E-state index contributed by atoms with van der Waals surface area (Å²) in [6, 6.07) is 16.4. The van der Waals surface area contributed by atoms with Gasteiger partial charge in [0.05, 0.1) is 23.6 Å². The Balaban J connectivity index is 1.59. The molecule has 0 aliphatic carbocycles. The molecular weight excluding hydrogens is 394 g/mol. The molecule has 142 valence electrons. The summed E-state index contributed by atoms with van der Waals surface area (Å²) in [5.74, 6) is 0.574. The highest BCUT2D eigenvalue weighted by atomic mass is 32.2. The van der Waals surface area contributed by atoms with Crippen LogP contribution < -0.4 is 15.4 Å². The number of thioether (sulfide) groups is 1. The van der Waals surface area contributed by atoms with Crippen molar-refractivity contribution in [3.05, 3.63) is 54.1 Å². The van der Waals surface area contributed by atoms with Crippen molar-refractivity contribution < 1.29 is 9.53 Å². The van der Waals surface area contributed by atoms with Crippen LogP contribution in [0.1, 0.15) is 12.5 Å². The first-order valence-corrected chi connectivity index (χ1v) is 10.00. The third-order valence-corrected chi connectivity index (χ3v) is 5.72. The van der Waals surface area contributed by atoms with Gasteiger partial charge in [-0.25, -0.2) is 0 Å². The number of amides is 1. The first kappa shape index (κ1) is 19.7. The number of carbonyl (C=O) groups is 1. The van der Waals surface area contributed by atoms with E-state index in [-0.39, 0.29) is 5.91 Å². The van der Waals surface area contributed by atoms with E-state index in [2.05, 4.69) is 26.9 Å². The molecule has 1 atom stereocenters. The van der Waals surface area contributed by atoms with E-state index in [1.165, 1.54) is 23.1 Å². The zero-order chi connectivity index (χ0) is 19.9. The number of hydrogen-bond acceptors (Lipinski definition) is 8.